The highest BCUT2D eigenvalue weighted by Gasteiger charge is 1.62. The van der Waals surface area contributed by atoms with Crippen molar-refractivity contribution in [2.75, 3.05) is 6.61 Å². The molecular weight excluding hydrogens is 114 g/mol. The maximum Gasteiger partial charge on any atom is 0.114 e. The van der Waals surface area contributed by atoms with E-state index >= 15 is 0 Å². The van der Waals surface area contributed by atoms with E-state index in [2.05, 4.69) is 16.6 Å². The van der Waals surface area contributed by atoms with Crippen molar-refractivity contribution in [2.45, 2.75) is 20.8 Å². The molecule has 2 nitrogen and oxygen atoms in total. The van der Waals surface area contributed by atoms with Gasteiger partial charge in [0.15, 0.2) is 0 Å². The molecule has 0 bridgehead atoms. The topological polar surface area (TPSA) is 21.6 Å². The van der Waals surface area contributed by atoms with Crippen LogP contribution in [0.5, 0.6) is 0 Å². The van der Waals surface area contributed by atoms with Crippen molar-refractivity contribution in [1.29, 1.82) is 0 Å². The third-order valence-electron chi connectivity index (χ3n) is 0.370. The van der Waals surface area contributed by atoms with Crippen LogP contribution < -0.4 is 0 Å². The molecule has 0 heterocycles. The van der Waals surface area contributed by atoms with E-state index < -0.39 is 0 Å². The molecular formula is C7H15NO. The molecule has 0 rings (SSSR count). The molecule has 0 aromatic rings. The van der Waals surface area contributed by atoms with Crippen molar-refractivity contribution in [1.82, 2.24) is 0 Å². The van der Waals surface area contributed by atoms with Gasteiger partial charge in [-0.3, -0.25) is 0 Å². The van der Waals surface area contributed by atoms with Crippen molar-refractivity contribution >= 4 is 6.21 Å². The summed E-state index contributed by atoms with van der Waals surface area (Å²) in [5.74, 6) is 0. The van der Waals surface area contributed by atoms with Crippen LogP contribution in [0.25, 0.3) is 0 Å². The average Bonchev–Trinajstić information content (AvgIpc) is 1.94. The summed E-state index contributed by atoms with van der Waals surface area (Å²) in [5, 5.41) is 3.47. The monoisotopic (exact) mass is 129 g/mol. The first kappa shape index (κ1) is 11.1. The van der Waals surface area contributed by atoms with Gasteiger partial charge in [0.05, 0.1) is 6.21 Å². The Morgan fingerprint density at radius 2 is 2.11 bits per heavy atom. The maximum absolute atomic E-state index is 4.57. The fourth-order valence-corrected chi connectivity index (χ4v) is 0.161. The first-order chi connectivity index (χ1) is 4.41. The van der Waals surface area contributed by atoms with Crippen LogP contribution in [-0.2, 0) is 4.84 Å². The molecule has 0 aliphatic carbocycles. The Hall–Kier alpha value is -0.790. The summed E-state index contributed by atoms with van der Waals surface area (Å²) >= 11 is 0. The van der Waals surface area contributed by atoms with Crippen molar-refractivity contribution in [2.24, 2.45) is 5.16 Å². The predicted octanol–water partition coefficient (Wildman–Crippen LogP) is 2.22. The summed E-state index contributed by atoms with van der Waals surface area (Å²) in [6.45, 7) is 9.89. The van der Waals surface area contributed by atoms with Gasteiger partial charge in [-0.05, 0) is 13.0 Å². The molecule has 9 heavy (non-hydrogen) atoms. The molecule has 0 saturated heterocycles. The minimum absolute atomic E-state index is 0.615. The molecule has 2 heteroatoms. The zero-order valence-electron chi connectivity index (χ0n) is 6.42. The van der Waals surface area contributed by atoms with Gasteiger partial charge in [0, 0.05) is 0 Å². The van der Waals surface area contributed by atoms with Gasteiger partial charge in [0.2, 0.25) is 0 Å². The zero-order valence-corrected chi connectivity index (χ0v) is 6.42. The van der Waals surface area contributed by atoms with E-state index in [1.54, 1.807) is 6.08 Å². The zero-order chi connectivity index (χ0) is 7.54. The van der Waals surface area contributed by atoms with Gasteiger partial charge in [-0.2, -0.15) is 0 Å². The Bertz CT molecular complexity index is 69.3. The molecule has 0 spiro atoms. The molecule has 0 amide bonds. The van der Waals surface area contributed by atoms with Crippen molar-refractivity contribution < 1.29 is 4.84 Å². The van der Waals surface area contributed by atoms with E-state index in [0.717, 1.165) is 0 Å². The number of allylic oxidation sites excluding steroid dienone is 1. The SMILES string of the molecule is C=C/C=N\OCC.CC. The highest BCUT2D eigenvalue weighted by atomic mass is 16.6. The van der Waals surface area contributed by atoms with Crippen LogP contribution in [0.4, 0.5) is 0 Å². The van der Waals surface area contributed by atoms with Crippen LogP contribution in [0, 0.1) is 0 Å². The van der Waals surface area contributed by atoms with E-state index in [9.17, 15) is 0 Å². The second kappa shape index (κ2) is 15.7. The summed E-state index contributed by atoms with van der Waals surface area (Å²) in [4.78, 5) is 4.57. The van der Waals surface area contributed by atoms with Crippen molar-refractivity contribution in [3.8, 4) is 0 Å². The molecule has 0 aromatic carbocycles. The van der Waals surface area contributed by atoms with Crippen LogP contribution in [0.1, 0.15) is 20.8 Å². The van der Waals surface area contributed by atoms with Gasteiger partial charge in [-0.15, -0.1) is 0 Å². The van der Waals surface area contributed by atoms with Crippen LogP contribution >= 0.6 is 0 Å². The van der Waals surface area contributed by atoms with Gasteiger partial charge >= 0.3 is 0 Å². The third kappa shape index (κ3) is 19.0. The summed E-state index contributed by atoms with van der Waals surface area (Å²) in [6.07, 6.45) is 3.07. The summed E-state index contributed by atoms with van der Waals surface area (Å²) < 4.78 is 0. The standard InChI is InChI=1S/C5H9NO.C2H6/c1-3-5-6-7-4-2;1-2/h3,5H,1,4H2,2H3;1-2H3/b6-5-;. The van der Waals surface area contributed by atoms with Crippen LogP contribution in [0.2, 0.25) is 0 Å². The van der Waals surface area contributed by atoms with Gasteiger partial charge in [0.25, 0.3) is 0 Å². The smallest absolute Gasteiger partial charge is 0.114 e. The summed E-state index contributed by atoms with van der Waals surface area (Å²) in [6, 6.07) is 0. The van der Waals surface area contributed by atoms with Crippen LogP contribution in [0.15, 0.2) is 17.8 Å². The van der Waals surface area contributed by atoms with Gasteiger partial charge in [-0.25, -0.2) is 0 Å². The minimum atomic E-state index is 0.615. The second-order valence-electron chi connectivity index (χ2n) is 0.908. The first-order valence-electron chi connectivity index (χ1n) is 3.18. The van der Waals surface area contributed by atoms with Crippen molar-refractivity contribution in [3.63, 3.8) is 0 Å². The van der Waals surface area contributed by atoms with E-state index in [1.165, 1.54) is 6.21 Å². The van der Waals surface area contributed by atoms with E-state index in [-0.39, 0.29) is 0 Å². The molecule has 0 aliphatic rings. The molecule has 54 valence electrons. The van der Waals surface area contributed by atoms with Gasteiger partial charge in [-0.1, -0.05) is 25.6 Å². The van der Waals surface area contributed by atoms with Gasteiger partial charge < -0.3 is 4.84 Å². The second-order valence-corrected chi connectivity index (χ2v) is 0.908. The summed E-state index contributed by atoms with van der Waals surface area (Å²) in [5.41, 5.74) is 0. The Kier molecular flexibility index (Phi) is 19.3. The number of hydrogen-bond acceptors (Lipinski definition) is 2. The van der Waals surface area contributed by atoms with E-state index in [0.29, 0.717) is 6.61 Å². The highest BCUT2D eigenvalue weighted by Crippen LogP contribution is 1.69. The molecule has 0 radical (unpaired) electrons. The maximum atomic E-state index is 4.57. The molecule has 0 atom stereocenters. The largest absolute Gasteiger partial charge is 0.396 e. The molecule has 0 N–H and O–H groups in total. The quantitative estimate of drug-likeness (QED) is 0.423. The van der Waals surface area contributed by atoms with Crippen LogP contribution in [-0.4, -0.2) is 12.8 Å². The Morgan fingerprint density at radius 3 is 2.44 bits per heavy atom. The van der Waals surface area contributed by atoms with E-state index in [1.807, 2.05) is 20.8 Å². The molecule has 0 aromatic heterocycles. The van der Waals surface area contributed by atoms with Gasteiger partial charge in [0.1, 0.15) is 6.61 Å². The minimum Gasteiger partial charge on any atom is -0.396 e. The number of nitrogens with zero attached hydrogens (tertiary/aromatic N) is 1. The lowest BCUT2D eigenvalue weighted by atomic mass is 10.7. The Balaban J connectivity index is 0. The normalized spacial score (nSPS) is 7.89. The summed E-state index contributed by atoms with van der Waals surface area (Å²) in [7, 11) is 0. The molecule has 0 fully saturated rings. The molecule has 0 aliphatic heterocycles. The first-order valence-corrected chi connectivity index (χ1v) is 3.18. The lowest BCUT2D eigenvalue weighted by Crippen LogP contribution is -1.76. The Labute approximate surface area is 57.2 Å². The van der Waals surface area contributed by atoms with E-state index in [4.69, 9.17) is 0 Å². The molecule has 0 unspecified atom stereocenters. The lowest BCUT2D eigenvalue weighted by Gasteiger charge is -1.85. The fourth-order valence-electron chi connectivity index (χ4n) is 0.161. The number of oxime groups is 1. The predicted molar refractivity (Wildman–Crippen MR) is 41.7 cm³/mol. The average molecular weight is 129 g/mol. The number of rotatable bonds is 3. The third-order valence-corrected chi connectivity index (χ3v) is 0.370. The van der Waals surface area contributed by atoms with Crippen LogP contribution in [0.3, 0.4) is 0 Å². The fraction of sp³-hybridized carbons (Fsp3) is 0.571. The Morgan fingerprint density at radius 1 is 1.56 bits per heavy atom. The van der Waals surface area contributed by atoms with Crippen molar-refractivity contribution in [3.05, 3.63) is 12.7 Å². The lowest BCUT2D eigenvalue weighted by molar-refractivity contribution is 0.160. The number of hydrogen-bond donors (Lipinski definition) is 0. The highest BCUT2D eigenvalue weighted by molar-refractivity contribution is 5.69. The molecule has 0 saturated carbocycles.